The first kappa shape index (κ1) is 16.5. The molecule has 2 heterocycles. The van der Waals surface area contributed by atoms with Gasteiger partial charge in [0.1, 0.15) is 6.33 Å². The van der Waals surface area contributed by atoms with Crippen LogP contribution in [0.15, 0.2) is 67.0 Å². The van der Waals surface area contributed by atoms with Crippen LogP contribution in [-0.2, 0) is 4.79 Å². The number of rotatable bonds is 4. The van der Waals surface area contributed by atoms with Crippen LogP contribution >= 0.6 is 0 Å². The number of aromatic nitrogens is 6. The van der Waals surface area contributed by atoms with Crippen LogP contribution in [0.25, 0.3) is 28.7 Å². The quantitative estimate of drug-likeness (QED) is 0.603. The molecule has 0 unspecified atom stereocenters. The monoisotopic (exact) mass is 357 g/mol. The van der Waals surface area contributed by atoms with Crippen LogP contribution in [0.2, 0.25) is 0 Å². The third kappa shape index (κ3) is 3.54. The Morgan fingerprint density at radius 1 is 0.852 bits per heavy atom. The lowest BCUT2D eigenvalue weighted by Crippen LogP contribution is -2.14. The fourth-order valence-electron chi connectivity index (χ4n) is 2.52. The molecule has 0 aliphatic rings. The van der Waals surface area contributed by atoms with Gasteiger partial charge in [-0.1, -0.05) is 60.7 Å². The minimum Gasteiger partial charge on any atom is -0.295 e. The molecule has 0 spiro atoms. The van der Waals surface area contributed by atoms with E-state index in [1.54, 1.807) is 0 Å². The van der Waals surface area contributed by atoms with E-state index in [2.05, 4.69) is 30.4 Å². The van der Waals surface area contributed by atoms with Crippen LogP contribution in [0, 0.1) is 0 Å². The second kappa shape index (κ2) is 7.12. The van der Waals surface area contributed by atoms with E-state index in [4.69, 9.17) is 0 Å². The Morgan fingerprint density at radius 2 is 1.41 bits per heavy atom. The molecule has 0 radical (unpaired) electrons. The third-order valence-electron chi connectivity index (χ3n) is 3.71. The average Bonchev–Trinajstić information content (AvgIpc) is 3.16. The zero-order chi connectivity index (χ0) is 18.6. The number of nitrogens with zero attached hydrogens (tertiary/aromatic N) is 6. The molecule has 4 aromatic rings. The highest BCUT2D eigenvalue weighted by Crippen LogP contribution is 2.21. The van der Waals surface area contributed by atoms with E-state index in [0.717, 1.165) is 11.1 Å². The maximum atomic E-state index is 11.4. The van der Waals surface area contributed by atoms with Gasteiger partial charge in [-0.3, -0.25) is 10.1 Å². The van der Waals surface area contributed by atoms with Crippen molar-refractivity contribution < 1.29 is 4.79 Å². The lowest BCUT2D eigenvalue weighted by molar-refractivity contribution is -0.114. The summed E-state index contributed by atoms with van der Waals surface area (Å²) in [4.78, 5) is 29.1. The van der Waals surface area contributed by atoms with Gasteiger partial charge in [-0.2, -0.15) is 24.7 Å². The van der Waals surface area contributed by atoms with E-state index >= 15 is 0 Å². The summed E-state index contributed by atoms with van der Waals surface area (Å²) >= 11 is 0. The number of hydrogen-bond acceptors (Lipinski definition) is 6. The number of amides is 1. The first-order valence-electron chi connectivity index (χ1n) is 8.25. The Labute approximate surface area is 155 Å². The molecular formula is C19H15N7O. The molecule has 0 bridgehead atoms. The van der Waals surface area contributed by atoms with Crippen molar-refractivity contribution in [2.24, 2.45) is 0 Å². The molecule has 4 rings (SSSR count). The van der Waals surface area contributed by atoms with Crippen molar-refractivity contribution >= 4 is 11.9 Å². The number of carbonyl (C=O) groups excluding carboxylic acids is 1. The molecule has 1 N–H and O–H groups in total. The van der Waals surface area contributed by atoms with Crippen LogP contribution in [-0.4, -0.2) is 35.6 Å². The largest absolute Gasteiger partial charge is 0.295 e. The van der Waals surface area contributed by atoms with Gasteiger partial charge in [0.2, 0.25) is 11.9 Å². The highest BCUT2D eigenvalue weighted by Gasteiger charge is 2.15. The standard InChI is InChI=1S/C19H15N7O/c1-13(27)22-18-20-12-21-26(18)19-24-16(14-8-4-2-5-9-14)23-17(25-19)15-10-6-3-7-11-15/h2-12H,1H3,(H,20,21,22,27). The third-order valence-corrected chi connectivity index (χ3v) is 3.71. The first-order chi connectivity index (χ1) is 13.2. The highest BCUT2D eigenvalue weighted by molar-refractivity contribution is 5.86. The number of hydrogen-bond donors (Lipinski definition) is 1. The van der Waals surface area contributed by atoms with Crippen molar-refractivity contribution in [2.45, 2.75) is 6.92 Å². The van der Waals surface area contributed by atoms with Crippen LogP contribution in [0.5, 0.6) is 0 Å². The van der Waals surface area contributed by atoms with Gasteiger partial charge in [0.15, 0.2) is 11.6 Å². The summed E-state index contributed by atoms with van der Waals surface area (Å²) in [6.07, 6.45) is 1.33. The summed E-state index contributed by atoms with van der Waals surface area (Å²) in [7, 11) is 0. The normalized spacial score (nSPS) is 10.6. The number of nitrogens with one attached hydrogen (secondary N) is 1. The summed E-state index contributed by atoms with van der Waals surface area (Å²) < 4.78 is 1.38. The van der Waals surface area contributed by atoms with E-state index in [1.165, 1.54) is 17.9 Å². The molecule has 8 nitrogen and oxygen atoms in total. The van der Waals surface area contributed by atoms with Gasteiger partial charge in [0.05, 0.1) is 0 Å². The van der Waals surface area contributed by atoms with Crippen molar-refractivity contribution in [1.82, 2.24) is 29.7 Å². The summed E-state index contributed by atoms with van der Waals surface area (Å²) in [6.45, 7) is 1.40. The van der Waals surface area contributed by atoms with Crippen LogP contribution in [0.3, 0.4) is 0 Å². The highest BCUT2D eigenvalue weighted by atomic mass is 16.1. The predicted octanol–water partition coefficient (Wildman–Crippen LogP) is 2.74. The van der Waals surface area contributed by atoms with Crippen molar-refractivity contribution in [1.29, 1.82) is 0 Å². The van der Waals surface area contributed by atoms with Gasteiger partial charge in [-0.15, -0.1) is 0 Å². The van der Waals surface area contributed by atoms with E-state index in [1.807, 2.05) is 60.7 Å². The molecule has 0 atom stereocenters. The summed E-state index contributed by atoms with van der Waals surface area (Å²) in [6, 6.07) is 19.2. The smallest absolute Gasteiger partial charge is 0.257 e. The van der Waals surface area contributed by atoms with Crippen LogP contribution in [0.4, 0.5) is 5.95 Å². The van der Waals surface area contributed by atoms with Crippen molar-refractivity contribution in [3.8, 4) is 28.7 Å². The Kier molecular flexibility index (Phi) is 4.36. The second-order valence-electron chi connectivity index (χ2n) is 5.69. The van der Waals surface area contributed by atoms with Crippen LogP contribution in [0.1, 0.15) is 6.92 Å². The minimum absolute atomic E-state index is 0.242. The predicted molar refractivity (Wildman–Crippen MR) is 99.9 cm³/mol. The Bertz CT molecular complexity index is 1020. The number of anilines is 1. The Balaban J connectivity index is 1.89. The fraction of sp³-hybridized carbons (Fsp3) is 0.0526. The van der Waals surface area contributed by atoms with Gasteiger partial charge < -0.3 is 0 Å². The lowest BCUT2D eigenvalue weighted by atomic mass is 10.2. The summed E-state index contributed by atoms with van der Waals surface area (Å²) in [5.74, 6) is 1.26. The lowest BCUT2D eigenvalue weighted by Gasteiger charge is -2.09. The molecule has 0 saturated carbocycles. The molecule has 1 amide bonds. The summed E-state index contributed by atoms with van der Waals surface area (Å²) in [5.41, 5.74) is 1.69. The topological polar surface area (TPSA) is 98.5 Å². The molecule has 0 saturated heterocycles. The molecule has 2 aromatic carbocycles. The zero-order valence-corrected chi connectivity index (χ0v) is 14.4. The zero-order valence-electron chi connectivity index (χ0n) is 14.4. The molecule has 132 valence electrons. The van der Waals surface area contributed by atoms with Crippen molar-refractivity contribution in [3.63, 3.8) is 0 Å². The van der Waals surface area contributed by atoms with Gasteiger partial charge in [0, 0.05) is 18.1 Å². The maximum absolute atomic E-state index is 11.4. The first-order valence-corrected chi connectivity index (χ1v) is 8.25. The number of benzene rings is 2. The van der Waals surface area contributed by atoms with E-state index < -0.39 is 0 Å². The molecule has 0 fully saturated rings. The van der Waals surface area contributed by atoms with Gasteiger partial charge in [0.25, 0.3) is 5.95 Å². The molecule has 2 aromatic heterocycles. The second-order valence-corrected chi connectivity index (χ2v) is 5.69. The molecule has 0 aliphatic heterocycles. The Hall–Kier alpha value is -3.94. The van der Waals surface area contributed by atoms with Crippen molar-refractivity contribution in [2.75, 3.05) is 5.32 Å². The number of carbonyl (C=O) groups is 1. The average molecular weight is 357 g/mol. The summed E-state index contributed by atoms with van der Waals surface area (Å²) in [5, 5.41) is 6.77. The van der Waals surface area contributed by atoms with Crippen LogP contribution < -0.4 is 5.32 Å². The van der Waals surface area contributed by atoms with Gasteiger partial charge in [-0.25, -0.2) is 4.98 Å². The van der Waals surface area contributed by atoms with Crippen molar-refractivity contribution in [3.05, 3.63) is 67.0 Å². The molecule has 8 heteroatoms. The van der Waals surface area contributed by atoms with E-state index in [0.29, 0.717) is 11.6 Å². The van der Waals surface area contributed by atoms with E-state index in [-0.39, 0.29) is 17.8 Å². The molecular weight excluding hydrogens is 342 g/mol. The van der Waals surface area contributed by atoms with E-state index in [9.17, 15) is 4.79 Å². The fourth-order valence-corrected chi connectivity index (χ4v) is 2.52. The van der Waals surface area contributed by atoms with Gasteiger partial charge >= 0.3 is 0 Å². The maximum Gasteiger partial charge on any atom is 0.257 e. The molecule has 27 heavy (non-hydrogen) atoms. The molecule has 0 aliphatic carbocycles. The minimum atomic E-state index is -0.259. The Morgan fingerprint density at radius 3 is 1.93 bits per heavy atom. The van der Waals surface area contributed by atoms with Gasteiger partial charge in [-0.05, 0) is 0 Å². The SMILES string of the molecule is CC(=O)Nc1ncnn1-c1nc(-c2ccccc2)nc(-c2ccccc2)n1.